The quantitative estimate of drug-likeness (QED) is 0.125. The van der Waals surface area contributed by atoms with Crippen LogP contribution in [-0.4, -0.2) is 5.97 Å². The van der Waals surface area contributed by atoms with Gasteiger partial charge in [0, 0.05) is 0 Å². The summed E-state index contributed by atoms with van der Waals surface area (Å²) in [4.78, 5) is 12.6. The first kappa shape index (κ1) is 26.7. The van der Waals surface area contributed by atoms with Crippen LogP contribution in [0.2, 0.25) is 0 Å². The fourth-order valence-electron chi connectivity index (χ4n) is 4.42. The van der Waals surface area contributed by atoms with Crippen LogP contribution in [0.1, 0.15) is 99.5 Å². The highest BCUT2D eigenvalue weighted by atomic mass is 16.5. The van der Waals surface area contributed by atoms with Gasteiger partial charge in [0.25, 0.3) is 0 Å². The van der Waals surface area contributed by atoms with Gasteiger partial charge in [-0.2, -0.15) is 0 Å². The number of hydrogen-bond donors (Lipinski definition) is 0. The molecule has 0 saturated heterocycles. The van der Waals surface area contributed by atoms with Gasteiger partial charge >= 0.3 is 5.97 Å². The van der Waals surface area contributed by atoms with Crippen LogP contribution in [0.4, 0.5) is 0 Å². The molecule has 0 aliphatic heterocycles. The molecule has 0 N–H and O–H groups in total. The summed E-state index contributed by atoms with van der Waals surface area (Å²) in [6, 6.07) is 24.5. The van der Waals surface area contributed by atoms with E-state index < -0.39 is 0 Å². The minimum atomic E-state index is -0.311. The van der Waals surface area contributed by atoms with Crippen molar-refractivity contribution in [2.24, 2.45) is 0 Å². The van der Waals surface area contributed by atoms with Crippen molar-refractivity contribution in [3.63, 3.8) is 0 Å². The molecule has 0 bridgehead atoms. The second-order valence-corrected chi connectivity index (χ2v) is 9.64. The van der Waals surface area contributed by atoms with Crippen LogP contribution in [0.15, 0.2) is 72.8 Å². The Labute approximate surface area is 212 Å². The van der Waals surface area contributed by atoms with Crippen LogP contribution in [0.5, 0.6) is 5.75 Å². The molecule has 0 saturated carbocycles. The largest absolute Gasteiger partial charge is 0.423 e. The fourth-order valence-corrected chi connectivity index (χ4v) is 4.42. The number of aryl methyl sites for hydroxylation is 2. The molecule has 3 aromatic carbocycles. The van der Waals surface area contributed by atoms with E-state index in [9.17, 15) is 4.79 Å². The van der Waals surface area contributed by atoms with Crippen molar-refractivity contribution in [1.82, 2.24) is 0 Å². The third-order valence-electron chi connectivity index (χ3n) is 6.68. The highest BCUT2D eigenvalue weighted by Gasteiger charge is 2.09. The zero-order valence-corrected chi connectivity index (χ0v) is 21.7. The van der Waals surface area contributed by atoms with Crippen LogP contribution in [0, 0.1) is 0 Å². The van der Waals surface area contributed by atoms with E-state index in [1.807, 2.05) is 48.5 Å². The Balaban J connectivity index is 1.46. The predicted molar refractivity (Wildman–Crippen MR) is 148 cm³/mol. The van der Waals surface area contributed by atoms with Crippen molar-refractivity contribution < 1.29 is 9.53 Å². The van der Waals surface area contributed by atoms with Crippen molar-refractivity contribution in [3.05, 3.63) is 89.5 Å². The lowest BCUT2D eigenvalue weighted by atomic mass is 10.0. The molecular weight excluding hydrogens is 428 g/mol. The molecule has 0 fully saturated rings. The summed E-state index contributed by atoms with van der Waals surface area (Å²) in [6.07, 6.45) is 15.2. The van der Waals surface area contributed by atoms with Crippen LogP contribution >= 0.6 is 0 Å². The number of esters is 1. The molecule has 3 rings (SSSR count). The second kappa shape index (κ2) is 15.2. The minimum absolute atomic E-state index is 0.311. The molecule has 2 nitrogen and oxygen atoms in total. The molecule has 0 unspecified atom stereocenters. The first-order chi connectivity index (χ1) is 17.2. The average molecular weight is 471 g/mol. The summed E-state index contributed by atoms with van der Waals surface area (Å²) in [5.41, 5.74) is 5.58. The summed E-state index contributed by atoms with van der Waals surface area (Å²) in [6.45, 7) is 4.49. The Bertz CT molecular complexity index is 985. The Morgan fingerprint density at radius 3 is 1.51 bits per heavy atom. The Hall–Kier alpha value is -2.87. The maximum Gasteiger partial charge on any atom is 0.343 e. The van der Waals surface area contributed by atoms with Gasteiger partial charge in [0.1, 0.15) is 5.75 Å². The fraction of sp³-hybridized carbons (Fsp3) is 0.424. The van der Waals surface area contributed by atoms with Crippen LogP contribution in [0.25, 0.3) is 11.1 Å². The summed E-state index contributed by atoms with van der Waals surface area (Å²) < 4.78 is 5.60. The number of carbonyl (C=O) groups is 1. The van der Waals surface area contributed by atoms with Crippen molar-refractivity contribution in [1.29, 1.82) is 0 Å². The molecule has 0 aromatic heterocycles. The second-order valence-electron chi connectivity index (χ2n) is 9.64. The van der Waals surface area contributed by atoms with Gasteiger partial charge < -0.3 is 4.74 Å². The molecule has 0 spiro atoms. The maximum atomic E-state index is 12.6. The first-order valence-corrected chi connectivity index (χ1v) is 13.7. The third-order valence-corrected chi connectivity index (χ3v) is 6.68. The van der Waals surface area contributed by atoms with Crippen molar-refractivity contribution in [3.8, 4) is 16.9 Å². The van der Waals surface area contributed by atoms with E-state index >= 15 is 0 Å². The number of benzene rings is 3. The lowest BCUT2D eigenvalue weighted by molar-refractivity contribution is 0.0735. The standard InChI is InChI=1S/C33H42O2/c1-3-5-7-9-10-12-14-27-15-19-29(20-16-27)30-23-25-32(26-24-30)35-33(34)31-21-17-28(18-22-31)13-11-8-6-4-2/h15-26H,3-14H2,1-2H3. The molecule has 186 valence electrons. The molecule has 0 aliphatic carbocycles. The summed E-state index contributed by atoms with van der Waals surface area (Å²) in [5.74, 6) is 0.261. The van der Waals surface area contributed by atoms with Crippen molar-refractivity contribution in [2.45, 2.75) is 90.9 Å². The van der Waals surface area contributed by atoms with Crippen LogP contribution < -0.4 is 4.74 Å². The summed E-state index contributed by atoms with van der Waals surface area (Å²) >= 11 is 0. The third kappa shape index (κ3) is 9.36. The lowest BCUT2D eigenvalue weighted by Crippen LogP contribution is -2.08. The predicted octanol–water partition coefficient (Wildman–Crippen LogP) is 9.60. The van der Waals surface area contributed by atoms with Gasteiger partial charge in [-0.1, -0.05) is 114 Å². The molecule has 0 atom stereocenters. The molecule has 0 heterocycles. The maximum absolute atomic E-state index is 12.6. The van der Waals surface area contributed by atoms with E-state index in [4.69, 9.17) is 4.74 Å². The Morgan fingerprint density at radius 2 is 0.971 bits per heavy atom. The number of hydrogen-bond acceptors (Lipinski definition) is 2. The number of unbranched alkanes of at least 4 members (excludes halogenated alkanes) is 8. The van der Waals surface area contributed by atoms with Gasteiger partial charge in [-0.3, -0.25) is 0 Å². The topological polar surface area (TPSA) is 26.3 Å². The number of ether oxygens (including phenoxy) is 1. The van der Waals surface area contributed by atoms with Crippen LogP contribution in [-0.2, 0) is 12.8 Å². The van der Waals surface area contributed by atoms with E-state index in [1.54, 1.807) is 0 Å². The highest BCUT2D eigenvalue weighted by Crippen LogP contribution is 2.24. The zero-order chi connectivity index (χ0) is 24.7. The normalized spacial score (nSPS) is 10.9. The molecule has 0 amide bonds. The van der Waals surface area contributed by atoms with Gasteiger partial charge in [-0.05, 0) is 72.2 Å². The number of carbonyl (C=O) groups excluding carboxylic acids is 1. The van der Waals surface area contributed by atoms with Gasteiger partial charge in [0.05, 0.1) is 5.56 Å². The Morgan fingerprint density at radius 1 is 0.543 bits per heavy atom. The minimum Gasteiger partial charge on any atom is -0.423 e. The molecular formula is C33H42O2. The highest BCUT2D eigenvalue weighted by molar-refractivity contribution is 5.91. The van der Waals surface area contributed by atoms with E-state index in [-0.39, 0.29) is 5.97 Å². The monoisotopic (exact) mass is 470 g/mol. The Kier molecular flexibility index (Phi) is 11.6. The molecule has 0 aliphatic rings. The summed E-state index contributed by atoms with van der Waals surface area (Å²) in [5, 5.41) is 0. The van der Waals surface area contributed by atoms with E-state index in [0.717, 1.165) is 18.4 Å². The van der Waals surface area contributed by atoms with Gasteiger partial charge in [-0.25, -0.2) is 4.79 Å². The molecule has 35 heavy (non-hydrogen) atoms. The first-order valence-electron chi connectivity index (χ1n) is 13.7. The summed E-state index contributed by atoms with van der Waals surface area (Å²) in [7, 11) is 0. The molecule has 3 aromatic rings. The van der Waals surface area contributed by atoms with Crippen LogP contribution in [0.3, 0.4) is 0 Å². The number of rotatable bonds is 15. The van der Waals surface area contributed by atoms with Gasteiger partial charge in [-0.15, -0.1) is 0 Å². The van der Waals surface area contributed by atoms with E-state index in [0.29, 0.717) is 11.3 Å². The SMILES string of the molecule is CCCCCCCCc1ccc(-c2ccc(OC(=O)c3ccc(CCCCCC)cc3)cc2)cc1. The van der Waals surface area contributed by atoms with Crippen molar-refractivity contribution >= 4 is 5.97 Å². The van der Waals surface area contributed by atoms with E-state index in [2.05, 4.69) is 38.1 Å². The molecule has 0 radical (unpaired) electrons. The van der Waals surface area contributed by atoms with Crippen molar-refractivity contribution in [2.75, 3.05) is 0 Å². The lowest BCUT2D eigenvalue weighted by Gasteiger charge is -2.08. The van der Waals surface area contributed by atoms with Gasteiger partial charge in [0.2, 0.25) is 0 Å². The smallest absolute Gasteiger partial charge is 0.343 e. The zero-order valence-electron chi connectivity index (χ0n) is 21.7. The average Bonchev–Trinajstić information content (AvgIpc) is 2.90. The van der Waals surface area contributed by atoms with E-state index in [1.165, 1.54) is 80.9 Å². The molecule has 2 heteroatoms. The van der Waals surface area contributed by atoms with Gasteiger partial charge in [0.15, 0.2) is 0 Å².